The lowest BCUT2D eigenvalue weighted by Gasteiger charge is -2.45. The average Bonchev–Trinajstić information content (AvgIpc) is 2.96. The van der Waals surface area contributed by atoms with Gasteiger partial charge in [0, 0.05) is 50.0 Å². The fourth-order valence-electron chi connectivity index (χ4n) is 3.76. The Morgan fingerprint density at radius 2 is 2.21 bits per heavy atom. The molecule has 2 aliphatic rings. The molecule has 0 saturated carbocycles. The number of aryl methyl sites for hydroxylation is 1. The minimum absolute atomic E-state index is 0.0440. The van der Waals surface area contributed by atoms with Crippen LogP contribution in [0.15, 0.2) is 6.07 Å². The maximum atomic E-state index is 12.4. The summed E-state index contributed by atoms with van der Waals surface area (Å²) in [6, 6.07) is 2.37. The van der Waals surface area contributed by atoms with E-state index in [0.29, 0.717) is 18.3 Å². The highest BCUT2D eigenvalue weighted by molar-refractivity contribution is 5.92. The first-order valence-corrected chi connectivity index (χ1v) is 9.17. The normalized spacial score (nSPS) is 24.6. The first kappa shape index (κ1) is 17.4. The van der Waals surface area contributed by atoms with E-state index in [4.69, 9.17) is 0 Å². The van der Waals surface area contributed by atoms with Crippen LogP contribution in [-0.4, -0.2) is 70.8 Å². The van der Waals surface area contributed by atoms with Crippen molar-refractivity contribution in [3.8, 4) is 0 Å². The second kappa shape index (κ2) is 6.84. The van der Waals surface area contributed by atoms with Crippen LogP contribution in [0.1, 0.15) is 55.8 Å². The standard InChI is InChI=1S/C18H31N5O/c1-14-6-5-7-15-12-16(20-23(14)15)17(24)19-8-9-22-11-10-21(4)18(2,3)13-22/h12,14H,5-11,13H2,1-4H3,(H,19,24). The molecule has 0 radical (unpaired) electrons. The van der Waals surface area contributed by atoms with Gasteiger partial charge in [0.2, 0.25) is 0 Å². The zero-order valence-corrected chi connectivity index (χ0v) is 15.5. The molecule has 1 N–H and O–H groups in total. The van der Waals surface area contributed by atoms with E-state index in [-0.39, 0.29) is 11.4 Å². The summed E-state index contributed by atoms with van der Waals surface area (Å²) in [5, 5.41) is 7.55. The highest BCUT2D eigenvalue weighted by Crippen LogP contribution is 2.24. The number of likely N-dealkylation sites (N-methyl/N-ethyl adjacent to an activating group) is 1. The first-order chi connectivity index (χ1) is 11.4. The van der Waals surface area contributed by atoms with Gasteiger partial charge in [-0.15, -0.1) is 0 Å². The van der Waals surface area contributed by atoms with Crippen molar-refractivity contribution in [2.75, 3.05) is 39.8 Å². The molecule has 24 heavy (non-hydrogen) atoms. The van der Waals surface area contributed by atoms with Crippen molar-refractivity contribution in [3.63, 3.8) is 0 Å². The molecule has 0 aromatic carbocycles. The van der Waals surface area contributed by atoms with Crippen molar-refractivity contribution in [1.82, 2.24) is 24.9 Å². The third-order valence-electron chi connectivity index (χ3n) is 5.63. The predicted molar refractivity (Wildman–Crippen MR) is 95.4 cm³/mol. The summed E-state index contributed by atoms with van der Waals surface area (Å²) in [7, 11) is 2.18. The summed E-state index contributed by atoms with van der Waals surface area (Å²) < 4.78 is 2.03. The molecule has 2 aliphatic heterocycles. The zero-order chi connectivity index (χ0) is 17.3. The van der Waals surface area contributed by atoms with Gasteiger partial charge in [0.15, 0.2) is 0 Å². The molecule has 6 heteroatoms. The quantitative estimate of drug-likeness (QED) is 0.908. The number of piperazine rings is 1. The lowest BCUT2D eigenvalue weighted by molar-refractivity contribution is 0.0405. The van der Waals surface area contributed by atoms with Crippen LogP contribution in [0.4, 0.5) is 0 Å². The van der Waals surface area contributed by atoms with Crippen molar-refractivity contribution < 1.29 is 4.79 Å². The fourth-order valence-corrected chi connectivity index (χ4v) is 3.76. The lowest BCUT2D eigenvalue weighted by atomic mass is 10.00. The molecule has 1 aromatic rings. The molecule has 0 aliphatic carbocycles. The van der Waals surface area contributed by atoms with Crippen molar-refractivity contribution in [2.45, 2.75) is 51.6 Å². The van der Waals surface area contributed by atoms with E-state index < -0.39 is 0 Å². The summed E-state index contributed by atoms with van der Waals surface area (Å²) in [4.78, 5) is 17.2. The number of amides is 1. The molecule has 0 bridgehead atoms. The number of hydrogen-bond acceptors (Lipinski definition) is 4. The van der Waals surface area contributed by atoms with Crippen LogP contribution in [0.5, 0.6) is 0 Å². The Morgan fingerprint density at radius 3 is 2.92 bits per heavy atom. The Kier molecular flexibility index (Phi) is 4.97. The number of nitrogens with one attached hydrogen (secondary N) is 1. The highest BCUT2D eigenvalue weighted by atomic mass is 16.1. The van der Waals surface area contributed by atoms with Gasteiger partial charge in [-0.25, -0.2) is 0 Å². The van der Waals surface area contributed by atoms with E-state index in [1.54, 1.807) is 0 Å². The van der Waals surface area contributed by atoms with Crippen LogP contribution in [0.2, 0.25) is 0 Å². The van der Waals surface area contributed by atoms with Gasteiger partial charge in [-0.2, -0.15) is 5.10 Å². The van der Waals surface area contributed by atoms with Crippen LogP contribution < -0.4 is 5.32 Å². The molecular weight excluding hydrogens is 302 g/mol. The minimum Gasteiger partial charge on any atom is -0.349 e. The Balaban J connectivity index is 1.50. The maximum absolute atomic E-state index is 12.4. The summed E-state index contributed by atoms with van der Waals surface area (Å²) in [5.74, 6) is -0.0440. The van der Waals surface area contributed by atoms with Crippen molar-refractivity contribution >= 4 is 5.91 Å². The van der Waals surface area contributed by atoms with Gasteiger partial charge in [0.05, 0.1) is 0 Å². The third kappa shape index (κ3) is 3.64. The van der Waals surface area contributed by atoms with Gasteiger partial charge in [0.1, 0.15) is 5.69 Å². The van der Waals surface area contributed by atoms with Crippen LogP contribution >= 0.6 is 0 Å². The summed E-state index contributed by atoms with van der Waals surface area (Å²) in [6.45, 7) is 11.5. The molecule has 1 unspecified atom stereocenters. The van der Waals surface area contributed by atoms with Gasteiger partial charge in [-0.05, 0) is 53.1 Å². The minimum atomic E-state index is -0.0440. The second-order valence-corrected chi connectivity index (χ2v) is 7.97. The molecule has 6 nitrogen and oxygen atoms in total. The van der Waals surface area contributed by atoms with Crippen molar-refractivity contribution in [2.24, 2.45) is 0 Å². The van der Waals surface area contributed by atoms with Crippen LogP contribution in [0, 0.1) is 0 Å². The molecular formula is C18H31N5O. The Morgan fingerprint density at radius 1 is 1.42 bits per heavy atom. The van der Waals surface area contributed by atoms with E-state index in [9.17, 15) is 4.79 Å². The summed E-state index contributed by atoms with van der Waals surface area (Å²) in [5.41, 5.74) is 1.96. The fraction of sp³-hybridized carbons (Fsp3) is 0.778. The Hall–Kier alpha value is -1.40. The number of hydrogen-bond donors (Lipinski definition) is 1. The highest BCUT2D eigenvalue weighted by Gasteiger charge is 2.30. The van der Waals surface area contributed by atoms with Crippen LogP contribution in [0.25, 0.3) is 0 Å². The predicted octanol–water partition coefficient (Wildman–Crippen LogP) is 1.54. The first-order valence-electron chi connectivity index (χ1n) is 9.17. The zero-order valence-electron chi connectivity index (χ0n) is 15.5. The molecule has 1 aromatic heterocycles. The maximum Gasteiger partial charge on any atom is 0.271 e. The number of carbonyl (C=O) groups is 1. The molecule has 0 spiro atoms. The van der Waals surface area contributed by atoms with Crippen molar-refractivity contribution in [1.29, 1.82) is 0 Å². The number of rotatable bonds is 4. The van der Waals surface area contributed by atoms with Gasteiger partial charge >= 0.3 is 0 Å². The molecule has 1 fully saturated rings. The molecule has 3 heterocycles. The smallest absolute Gasteiger partial charge is 0.271 e. The van der Waals surface area contributed by atoms with Crippen molar-refractivity contribution in [3.05, 3.63) is 17.5 Å². The summed E-state index contributed by atoms with van der Waals surface area (Å²) in [6.07, 6.45) is 3.36. The van der Waals surface area contributed by atoms with Crippen LogP contribution in [0.3, 0.4) is 0 Å². The molecule has 1 amide bonds. The second-order valence-electron chi connectivity index (χ2n) is 7.97. The number of nitrogens with zero attached hydrogens (tertiary/aromatic N) is 4. The third-order valence-corrected chi connectivity index (χ3v) is 5.63. The van der Waals surface area contributed by atoms with Gasteiger partial charge < -0.3 is 5.32 Å². The molecule has 1 saturated heterocycles. The van der Waals surface area contributed by atoms with E-state index in [2.05, 4.69) is 48.0 Å². The van der Waals surface area contributed by atoms with Gasteiger partial charge in [-0.3, -0.25) is 19.3 Å². The Labute approximate surface area is 145 Å². The molecule has 3 rings (SSSR count). The summed E-state index contributed by atoms with van der Waals surface area (Å²) >= 11 is 0. The van der Waals surface area contributed by atoms with Gasteiger partial charge in [0.25, 0.3) is 5.91 Å². The van der Waals surface area contributed by atoms with E-state index >= 15 is 0 Å². The van der Waals surface area contributed by atoms with E-state index in [0.717, 1.165) is 39.0 Å². The number of aromatic nitrogens is 2. The van der Waals surface area contributed by atoms with Crippen LogP contribution in [-0.2, 0) is 6.42 Å². The molecule has 1 atom stereocenters. The average molecular weight is 333 g/mol. The Bertz CT molecular complexity index is 594. The SMILES string of the molecule is CC1CCCc2cc(C(=O)NCCN3CCN(C)C(C)(C)C3)nn21. The monoisotopic (exact) mass is 333 g/mol. The van der Waals surface area contributed by atoms with Gasteiger partial charge in [-0.1, -0.05) is 0 Å². The topological polar surface area (TPSA) is 53.4 Å². The number of fused-ring (bicyclic) bond motifs is 1. The van der Waals surface area contributed by atoms with E-state index in [1.807, 2.05) is 10.7 Å². The lowest BCUT2D eigenvalue weighted by Crippen LogP contribution is -2.58. The van der Waals surface area contributed by atoms with E-state index in [1.165, 1.54) is 12.1 Å². The number of carbonyl (C=O) groups excluding carboxylic acids is 1. The largest absolute Gasteiger partial charge is 0.349 e. The molecule has 134 valence electrons.